The van der Waals surface area contributed by atoms with Crippen LogP contribution in [-0.4, -0.2) is 36.9 Å². The predicted octanol–water partition coefficient (Wildman–Crippen LogP) is 2.23. The lowest BCUT2D eigenvalue weighted by molar-refractivity contribution is -0.137. The van der Waals surface area contributed by atoms with Gasteiger partial charge in [0.1, 0.15) is 0 Å². The molecule has 1 aromatic carbocycles. The molecule has 21 heavy (non-hydrogen) atoms. The van der Waals surface area contributed by atoms with E-state index in [2.05, 4.69) is 12.2 Å². The first kappa shape index (κ1) is 15.6. The molecule has 0 aromatic heterocycles. The molecule has 1 aliphatic rings. The van der Waals surface area contributed by atoms with Crippen molar-refractivity contribution in [3.05, 3.63) is 23.8 Å². The summed E-state index contributed by atoms with van der Waals surface area (Å²) >= 11 is 0. The molecule has 116 valence electrons. The minimum atomic E-state index is -0.780. The number of nitrogens with one attached hydrogen (secondary N) is 1. The zero-order chi connectivity index (χ0) is 15.1. The summed E-state index contributed by atoms with van der Waals surface area (Å²) in [6, 6.07) is 5.79. The first-order chi connectivity index (χ1) is 10.2. The van der Waals surface area contributed by atoms with Gasteiger partial charge >= 0.3 is 5.97 Å². The van der Waals surface area contributed by atoms with Gasteiger partial charge in [0.25, 0.3) is 0 Å². The van der Waals surface area contributed by atoms with Crippen molar-refractivity contribution < 1.29 is 19.4 Å². The molecule has 2 N–H and O–H groups in total. The molecule has 0 radical (unpaired) electrons. The highest BCUT2D eigenvalue weighted by Crippen LogP contribution is 2.30. The minimum absolute atomic E-state index is 0.0628. The molecule has 0 bridgehead atoms. The topological polar surface area (TPSA) is 67.8 Å². The van der Waals surface area contributed by atoms with Crippen molar-refractivity contribution in [1.82, 2.24) is 5.32 Å². The number of carboxylic acid groups (broad SMARTS) is 1. The smallest absolute Gasteiger partial charge is 0.304 e. The number of carboxylic acids is 1. The number of aliphatic carboxylic acids is 1. The van der Waals surface area contributed by atoms with E-state index in [0.717, 1.165) is 36.4 Å². The van der Waals surface area contributed by atoms with Gasteiger partial charge in [0, 0.05) is 12.5 Å². The summed E-state index contributed by atoms with van der Waals surface area (Å²) < 4.78 is 11.3. The fraction of sp³-hybridized carbons (Fsp3) is 0.562. The van der Waals surface area contributed by atoms with Crippen LogP contribution in [0, 0.1) is 0 Å². The number of benzene rings is 1. The molecule has 0 fully saturated rings. The number of hydrogen-bond donors (Lipinski definition) is 2. The van der Waals surface area contributed by atoms with Crippen molar-refractivity contribution >= 4 is 5.97 Å². The number of rotatable bonds is 7. The molecule has 1 aliphatic heterocycles. The Labute approximate surface area is 125 Å². The molecule has 5 nitrogen and oxygen atoms in total. The van der Waals surface area contributed by atoms with Crippen LogP contribution in [0.5, 0.6) is 11.5 Å². The maximum absolute atomic E-state index is 11.0. The minimum Gasteiger partial charge on any atom is -0.490 e. The van der Waals surface area contributed by atoms with E-state index in [-0.39, 0.29) is 12.5 Å². The largest absolute Gasteiger partial charge is 0.490 e. The first-order valence-electron chi connectivity index (χ1n) is 7.52. The zero-order valence-corrected chi connectivity index (χ0v) is 12.4. The van der Waals surface area contributed by atoms with Crippen molar-refractivity contribution in [2.45, 2.75) is 38.6 Å². The Morgan fingerprint density at radius 2 is 2.10 bits per heavy atom. The molecule has 1 heterocycles. The SMILES string of the molecule is CCCNC(CC(=O)O)Cc1ccc2c(c1)OCCCO2. The molecular weight excluding hydrogens is 270 g/mol. The van der Waals surface area contributed by atoms with Crippen LogP contribution in [0.15, 0.2) is 18.2 Å². The van der Waals surface area contributed by atoms with Gasteiger partial charge in [0.05, 0.1) is 19.6 Å². The van der Waals surface area contributed by atoms with Crippen LogP contribution >= 0.6 is 0 Å². The van der Waals surface area contributed by atoms with E-state index in [1.54, 1.807) is 0 Å². The van der Waals surface area contributed by atoms with E-state index in [1.165, 1.54) is 0 Å². The monoisotopic (exact) mass is 293 g/mol. The number of fused-ring (bicyclic) bond motifs is 1. The molecule has 2 rings (SSSR count). The quantitative estimate of drug-likeness (QED) is 0.807. The van der Waals surface area contributed by atoms with Gasteiger partial charge in [-0.3, -0.25) is 4.79 Å². The molecule has 0 saturated heterocycles. The summed E-state index contributed by atoms with van der Waals surface area (Å²) in [5, 5.41) is 12.3. The third-order valence-electron chi connectivity index (χ3n) is 3.40. The Hall–Kier alpha value is -1.75. The van der Waals surface area contributed by atoms with Crippen molar-refractivity contribution in [2.24, 2.45) is 0 Å². The van der Waals surface area contributed by atoms with Gasteiger partial charge in [0.2, 0.25) is 0 Å². The first-order valence-corrected chi connectivity index (χ1v) is 7.52. The third kappa shape index (κ3) is 4.93. The van der Waals surface area contributed by atoms with Crippen molar-refractivity contribution in [1.29, 1.82) is 0 Å². The molecule has 0 amide bonds. The second-order valence-corrected chi connectivity index (χ2v) is 5.28. The van der Waals surface area contributed by atoms with Crippen molar-refractivity contribution in [3.8, 4) is 11.5 Å². The Kier molecular flexibility index (Phi) is 5.87. The molecule has 0 spiro atoms. The average molecular weight is 293 g/mol. The van der Waals surface area contributed by atoms with Gasteiger partial charge < -0.3 is 19.9 Å². The van der Waals surface area contributed by atoms with Crippen LogP contribution in [0.2, 0.25) is 0 Å². The van der Waals surface area contributed by atoms with Crippen LogP contribution in [-0.2, 0) is 11.2 Å². The highest BCUT2D eigenvalue weighted by atomic mass is 16.5. The summed E-state index contributed by atoms with van der Waals surface area (Å²) in [5.41, 5.74) is 1.06. The van der Waals surface area contributed by atoms with Crippen molar-refractivity contribution in [3.63, 3.8) is 0 Å². The van der Waals surface area contributed by atoms with Crippen LogP contribution in [0.1, 0.15) is 31.7 Å². The van der Waals surface area contributed by atoms with Gasteiger partial charge in [-0.25, -0.2) is 0 Å². The molecule has 0 saturated carbocycles. The van der Waals surface area contributed by atoms with Gasteiger partial charge in [-0.15, -0.1) is 0 Å². The summed E-state index contributed by atoms with van der Waals surface area (Å²) in [4.78, 5) is 11.0. The second kappa shape index (κ2) is 7.88. The van der Waals surface area contributed by atoms with Gasteiger partial charge in [-0.05, 0) is 37.1 Å². The molecular formula is C16H23NO4. The molecule has 5 heteroatoms. The van der Waals surface area contributed by atoms with Gasteiger partial charge in [-0.2, -0.15) is 0 Å². The summed E-state index contributed by atoms with van der Waals surface area (Å²) in [7, 11) is 0. The van der Waals surface area contributed by atoms with E-state index in [4.69, 9.17) is 14.6 Å². The fourth-order valence-electron chi connectivity index (χ4n) is 2.39. The van der Waals surface area contributed by atoms with E-state index >= 15 is 0 Å². The maximum atomic E-state index is 11.0. The highest BCUT2D eigenvalue weighted by molar-refractivity contribution is 5.67. The van der Waals surface area contributed by atoms with E-state index in [9.17, 15) is 4.79 Å². The maximum Gasteiger partial charge on any atom is 0.304 e. The highest BCUT2D eigenvalue weighted by Gasteiger charge is 2.16. The molecule has 1 atom stereocenters. The van der Waals surface area contributed by atoms with Gasteiger partial charge in [-0.1, -0.05) is 13.0 Å². The summed E-state index contributed by atoms with van der Waals surface area (Å²) in [6.07, 6.45) is 2.65. The van der Waals surface area contributed by atoms with E-state index in [0.29, 0.717) is 19.6 Å². The van der Waals surface area contributed by atoms with E-state index < -0.39 is 5.97 Å². The molecule has 1 aromatic rings. The average Bonchev–Trinajstić information content (AvgIpc) is 2.69. The lowest BCUT2D eigenvalue weighted by Crippen LogP contribution is -2.33. The number of hydrogen-bond acceptors (Lipinski definition) is 4. The van der Waals surface area contributed by atoms with Crippen LogP contribution in [0.4, 0.5) is 0 Å². The Balaban J connectivity index is 2.05. The molecule has 0 aliphatic carbocycles. The van der Waals surface area contributed by atoms with Crippen LogP contribution in [0.3, 0.4) is 0 Å². The number of ether oxygens (including phenoxy) is 2. The number of carbonyl (C=O) groups is 1. The van der Waals surface area contributed by atoms with Crippen LogP contribution < -0.4 is 14.8 Å². The lowest BCUT2D eigenvalue weighted by atomic mass is 10.0. The lowest BCUT2D eigenvalue weighted by Gasteiger charge is -2.17. The second-order valence-electron chi connectivity index (χ2n) is 5.28. The summed E-state index contributed by atoms with van der Waals surface area (Å²) in [6.45, 7) is 4.22. The Morgan fingerprint density at radius 1 is 1.33 bits per heavy atom. The fourth-order valence-corrected chi connectivity index (χ4v) is 2.39. The Bertz CT molecular complexity index is 475. The summed E-state index contributed by atoms with van der Waals surface area (Å²) in [5.74, 6) is 0.750. The third-order valence-corrected chi connectivity index (χ3v) is 3.40. The standard InChI is InChI=1S/C16H23NO4/c1-2-6-17-13(11-16(18)19)9-12-4-5-14-15(10-12)21-8-3-7-20-14/h4-5,10,13,17H,2-3,6-9,11H2,1H3,(H,18,19). The van der Waals surface area contributed by atoms with Gasteiger partial charge in [0.15, 0.2) is 11.5 Å². The van der Waals surface area contributed by atoms with E-state index in [1.807, 2.05) is 18.2 Å². The predicted molar refractivity (Wildman–Crippen MR) is 80.1 cm³/mol. The van der Waals surface area contributed by atoms with Crippen LogP contribution in [0.25, 0.3) is 0 Å². The Morgan fingerprint density at radius 3 is 2.81 bits per heavy atom. The van der Waals surface area contributed by atoms with Crippen molar-refractivity contribution in [2.75, 3.05) is 19.8 Å². The normalized spacial score (nSPS) is 15.3. The molecule has 1 unspecified atom stereocenters. The zero-order valence-electron chi connectivity index (χ0n) is 12.4.